The van der Waals surface area contributed by atoms with E-state index in [1.54, 1.807) is 0 Å². The maximum absolute atomic E-state index is 4.51. The summed E-state index contributed by atoms with van der Waals surface area (Å²) in [5.41, 5.74) is 5.12. The van der Waals surface area contributed by atoms with Crippen LogP contribution in [-0.4, -0.2) is 22.4 Å². The Morgan fingerprint density at radius 2 is 2.11 bits per heavy atom. The van der Waals surface area contributed by atoms with Crippen LogP contribution in [0, 0.1) is 13.8 Å². The van der Waals surface area contributed by atoms with Gasteiger partial charge in [0.25, 0.3) is 0 Å². The lowest BCUT2D eigenvalue weighted by Gasteiger charge is -2.19. The first-order valence-corrected chi connectivity index (χ1v) is 7.32. The van der Waals surface area contributed by atoms with Gasteiger partial charge in [0.05, 0.1) is 5.69 Å². The van der Waals surface area contributed by atoms with Crippen molar-refractivity contribution in [1.29, 1.82) is 0 Å². The summed E-state index contributed by atoms with van der Waals surface area (Å²) in [6.07, 6.45) is 4.50. The van der Waals surface area contributed by atoms with Crippen molar-refractivity contribution in [3.63, 3.8) is 0 Å². The molecule has 1 atom stereocenters. The second kappa shape index (κ2) is 7.49. The zero-order valence-electron chi connectivity index (χ0n) is 13.2. The van der Waals surface area contributed by atoms with Gasteiger partial charge in [-0.3, -0.25) is 4.68 Å². The molecule has 0 aliphatic heterocycles. The van der Waals surface area contributed by atoms with E-state index in [1.165, 1.54) is 28.9 Å². The number of allylic oxidation sites excluding steroid dienone is 1. The fourth-order valence-corrected chi connectivity index (χ4v) is 2.40. The molecule has 0 amide bonds. The molecule has 0 aliphatic rings. The highest BCUT2D eigenvalue weighted by Gasteiger charge is 2.15. The second-order valence-electron chi connectivity index (χ2n) is 5.62. The summed E-state index contributed by atoms with van der Waals surface area (Å²) in [6.45, 7) is 13.7. The molecule has 3 heteroatoms. The Morgan fingerprint density at radius 3 is 2.58 bits per heavy atom. The number of hydrogen-bond donors (Lipinski definition) is 1. The Hall–Kier alpha value is -1.09. The number of aromatic nitrogens is 2. The Bertz CT molecular complexity index is 418. The van der Waals surface area contributed by atoms with Crippen LogP contribution in [0.15, 0.2) is 12.2 Å². The van der Waals surface area contributed by atoms with E-state index in [4.69, 9.17) is 0 Å². The molecular weight excluding hydrogens is 234 g/mol. The number of rotatable bonds is 8. The molecule has 0 fully saturated rings. The summed E-state index contributed by atoms with van der Waals surface area (Å²) < 4.78 is 1.99. The fourth-order valence-electron chi connectivity index (χ4n) is 2.40. The van der Waals surface area contributed by atoms with Gasteiger partial charge < -0.3 is 5.32 Å². The summed E-state index contributed by atoms with van der Waals surface area (Å²) in [4.78, 5) is 0. The van der Waals surface area contributed by atoms with E-state index >= 15 is 0 Å². The van der Waals surface area contributed by atoms with Gasteiger partial charge in [-0.05, 0) is 58.6 Å². The van der Waals surface area contributed by atoms with Crippen LogP contribution in [0.5, 0.6) is 0 Å². The van der Waals surface area contributed by atoms with Crippen molar-refractivity contribution in [3.8, 4) is 0 Å². The van der Waals surface area contributed by atoms with Gasteiger partial charge in [0.15, 0.2) is 0 Å². The highest BCUT2D eigenvalue weighted by Crippen LogP contribution is 2.17. The average Bonchev–Trinajstić information content (AvgIpc) is 2.58. The van der Waals surface area contributed by atoms with Gasteiger partial charge >= 0.3 is 0 Å². The van der Waals surface area contributed by atoms with Crippen molar-refractivity contribution < 1.29 is 0 Å². The van der Waals surface area contributed by atoms with E-state index in [-0.39, 0.29) is 0 Å². The van der Waals surface area contributed by atoms with Crippen LogP contribution in [0.2, 0.25) is 0 Å². The summed E-state index contributed by atoms with van der Waals surface area (Å²) in [5.74, 6) is 0. The van der Waals surface area contributed by atoms with Crippen LogP contribution in [0.25, 0.3) is 0 Å². The predicted molar refractivity (Wildman–Crippen MR) is 82.5 cm³/mol. The minimum absolute atomic E-state index is 0.526. The van der Waals surface area contributed by atoms with Crippen LogP contribution >= 0.6 is 0 Å². The van der Waals surface area contributed by atoms with Crippen molar-refractivity contribution >= 4 is 0 Å². The quantitative estimate of drug-likeness (QED) is 0.729. The summed E-state index contributed by atoms with van der Waals surface area (Å²) in [7, 11) is 2.02. The third kappa shape index (κ3) is 4.83. The predicted octanol–water partition coefficient (Wildman–Crippen LogP) is 3.30. The van der Waals surface area contributed by atoms with Gasteiger partial charge in [0.2, 0.25) is 0 Å². The van der Waals surface area contributed by atoms with Gasteiger partial charge in [0.1, 0.15) is 0 Å². The molecule has 0 radical (unpaired) electrons. The maximum atomic E-state index is 4.51. The summed E-state index contributed by atoms with van der Waals surface area (Å²) in [5, 5.41) is 8.17. The zero-order chi connectivity index (χ0) is 14.4. The molecule has 19 heavy (non-hydrogen) atoms. The van der Waals surface area contributed by atoms with Crippen molar-refractivity contribution in [2.45, 2.75) is 59.4 Å². The SMILES string of the molecule is C=C(C)CCC(Cc1c(C)nn(C)c1C)NCCC. The van der Waals surface area contributed by atoms with E-state index in [1.807, 2.05) is 11.7 Å². The molecule has 3 nitrogen and oxygen atoms in total. The topological polar surface area (TPSA) is 29.9 Å². The van der Waals surface area contributed by atoms with E-state index in [2.05, 4.69) is 44.7 Å². The molecular formula is C16H29N3. The molecule has 1 unspecified atom stereocenters. The fraction of sp³-hybridized carbons (Fsp3) is 0.688. The third-order valence-corrected chi connectivity index (χ3v) is 3.71. The van der Waals surface area contributed by atoms with E-state index in [0.29, 0.717) is 6.04 Å². The van der Waals surface area contributed by atoms with Crippen LogP contribution in [0.3, 0.4) is 0 Å². The number of nitrogens with one attached hydrogen (secondary N) is 1. The molecule has 0 spiro atoms. The van der Waals surface area contributed by atoms with Crippen molar-refractivity contribution in [1.82, 2.24) is 15.1 Å². The van der Waals surface area contributed by atoms with E-state index in [0.717, 1.165) is 25.8 Å². The van der Waals surface area contributed by atoms with E-state index < -0.39 is 0 Å². The lowest BCUT2D eigenvalue weighted by atomic mass is 9.98. The molecule has 1 rings (SSSR count). The summed E-state index contributed by atoms with van der Waals surface area (Å²) in [6, 6.07) is 0.526. The molecule has 1 N–H and O–H groups in total. The van der Waals surface area contributed by atoms with Gasteiger partial charge in [0, 0.05) is 18.8 Å². The first-order chi connectivity index (χ1) is 8.95. The summed E-state index contributed by atoms with van der Waals surface area (Å²) >= 11 is 0. The smallest absolute Gasteiger partial charge is 0.0628 e. The van der Waals surface area contributed by atoms with Crippen LogP contribution in [-0.2, 0) is 13.5 Å². The molecule has 0 saturated carbocycles. The Balaban J connectivity index is 2.72. The minimum atomic E-state index is 0.526. The molecule has 1 heterocycles. The van der Waals surface area contributed by atoms with Crippen molar-refractivity contribution in [2.24, 2.45) is 7.05 Å². The largest absolute Gasteiger partial charge is 0.314 e. The molecule has 0 aromatic carbocycles. The first kappa shape index (κ1) is 16.0. The monoisotopic (exact) mass is 263 g/mol. The Morgan fingerprint density at radius 1 is 1.42 bits per heavy atom. The lowest BCUT2D eigenvalue weighted by Crippen LogP contribution is -2.32. The molecule has 1 aromatic rings. The average molecular weight is 263 g/mol. The Labute approximate surface area is 118 Å². The van der Waals surface area contributed by atoms with Crippen LogP contribution in [0.1, 0.15) is 50.1 Å². The molecule has 0 aliphatic carbocycles. The molecule has 0 saturated heterocycles. The normalized spacial score (nSPS) is 12.7. The van der Waals surface area contributed by atoms with E-state index in [9.17, 15) is 0 Å². The highest BCUT2D eigenvalue weighted by molar-refractivity contribution is 5.25. The molecule has 0 bridgehead atoms. The first-order valence-electron chi connectivity index (χ1n) is 7.32. The lowest BCUT2D eigenvalue weighted by molar-refractivity contribution is 0.475. The van der Waals surface area contributed by atoms with Gasteiger partial charge in [-0.25, -0.2) is 0 Å². The minimum Gasteiger partial charge on any atom is -0.314 e. The van der Waals surface area contributed by atoms with Gasteiger partial charge in [-0.2, -0.15) is 5.10 Å². The second-order valence-corrected chi connectivity index (χ2v) is 5.62. The molecule has 108 valence electrons. The van der Waals surface area contributed by atoms with Gasteiger partial charge in [-0.15, -0.1) is 6.58 Å². The van der Waals surface area contributed by atoms with Crippen LogP contribution in [0.4, 0.5) is 0 Å². The zero-order valence-corrected chi connectivity index (χ0v) is 13.2. The standard InChI is InChI=1S/C16H29N3/c1-7-10-17-15(9-8-12(2)3)11-16-13(4)18-19(6)14(16)5/h15,17H,2,7-11H2,1,3-6H3. The van der Waals surface area contributed by atoms with Crippen LogP contribution < -0.4 is 5.32 Å². The highest BCUT2D eigenvalue weighted by atomic mass is 15.3. The van der Waals surface area contributed by atoms with Crippen molar-refractivity contribution in [3.05, 3.63) is 29.1 Å². The molecule has 1 aromatic heterocycles. The number of nitrogens with zero attached hydrogens (tertiary/aromatic N) is 2. The third-order valence-electron chi connectivity index (χ3n) is 3.71. The number of aryl methyl sites for hydroxylation is 2. The van der Waals surface area contributed by atoms with Gasteiger partial charge in [-0.1, -0.05) is 12.5 Å². The number of hydrogen-bond acceptors (Lipinski definition) is 2. The Kier molecular flexibility index (Phi) is 6.29. The maximum Gasteiger partial charge on any atom is 0.0628 e. The van der Waals surface area contributed by atoms with Crippen molar-refractivity contribution in [2.75, 3.05) is 6.54 Å².